The Kier molecular flexibility index (Phi) is 3.99. The standard InChI is InChI=1S/C11H15NO4/c1-7(11(13)14)12-9-5-4-8(15-2)6-10(9)16-3/h4-7,12H,1-3H3,(H,13,14). The largest absolute Gasteiger partial charge is 0.497 e. The normalized spacial score (nSPS) is 11.7. The van der Waals surface area contributed by atoms with Crippen LogP contribution in [0.2, 0.25) is 0 Å². The second-order valence-electron chi connectivity index (χ2n) is 3.27. The summed E-state index contributed by atoms with van der Waals surface area (Å²) in [5.41, 5.74) is 0.623. The van der Waals surface area contributed by atoms with Crippen LogP contribution in [0.25, 0.3) is 0 Å². The van der Waals surface area contributed by atoms with E-state index in [1.807, 2.05) is 0 Å². The summed E-state index contributed by atoms with van der Waals surface area (Å²) in [6.07, 6.45) is 0. The Morgan fingerprint density at radius 2 is 2.06 bits per heavy atom. The van der Waals surface area contributed by atoms with Crippen LogP contribution in [0.15, 0.2) is 18.2 Å². The van der Waals surface area contributed by atoms with Gasteiger partial charge in [0.25, 0.3) is 0 Å². The Morgan fingerprint density at radius 3 is 2.56 bits per heavy atom. The molecular weight excluding hydrogens is 210 g/mol. The van der Waals surface area contributed by atoms with Crippen molar-refractivity contribution in [3.63, 3.8) is 0 Å². The third-order valence-electron chi connectivity index (χ3n) is 2.15. The highest BCUT2D eigenvalue weighted by Crippen LogP contribution is 2.29. The first-order valence-corrected chi connectivity index (χ1v) is 4.80. The molecule has 0 aliphatic rings. The van der Waals surface area contributed by atoms with Gasteiger partial charge >= 0.3 is 5.97 Å². The molecule has 1 rings (SSSR count). The molecule has 0 aromatic heterocycles. The van der Waals surface area contributed by atoms with Crippen LogP contribution in [0, 0.1) is 0 Å². The van der Waals surface area contributed by atoms with Gasteiger partial charge in [-0.25, -0.2) is 0 Å². The second kappa shape index (κ2) is 5.25. The van der Waals surface area contributed by atoms with Crippen LogP contribution in [0.1, 0.15) is 6.92 Å². The summed E-state index contributed by atoms with van der Waals surface area (Å²) in [4.78, 5) is 10.7. The van der Waals surface area contributed by atoms with E-state index in [0.29, 0.717) is 17.2 Å². The van der Waals surface area contributed by atoms with Crippen LogP contribution >= 0.6 is 0 Å². The molecule has 0 fully saturated rings. The first kappa shape index (κ1) is 12.2. The van der Waals surface area contributed by atoms with Crippen molar-refractivity contribution in [1.82, 2.24) is 0 Å². The van der Waals surface area contributed by atoms with Crippen LogP contribution in [0.3, 0.4) is 0 Å². The molecule has 1 aromatic carbocycles. The van der Waals surface area contributed by atoms with Gasteiger partial charge in [0.2, 0.25) is 0 Å². The minimum absolute atomic E-state index is 0.549. The van der Waals surface area contributed by atoms with Crippen molar-refractivity contribution in [1.29, 1.82) is 0 Å². The molecule has 0 saturated heterocycles. The van der Waals surface area contributed by atoms with Crippen molar-refractivity contribution < 1.29 is 19.4 Å². The van der Waals surface area contributed by atoms with Gasteiger partial charge in [0.05, 0.1) is 19.9 Å². The molecule has 88 valence electrons. The Labute approximate surface area is 94.0 Å². The minimum atomic E-state index is -0.919. The molecule has 0 saturated carbocycles. The first-order chi connectivity index (χ1) is 7.58. The molecule has 0 heterocycles. The van der Waals surface area contributed by atoms with Crippen LogP contribution in [0.5, 0.6) is 11.5 Å². The van der Waals surface area contributed by atoms with E-state index in [1.165, 1.54) is 7.11 Å². The predicted molar refractivity (Wildman–Crippen MR) is 60.3 cm³/mol. The maximum Gasteiger partial charge on any atom is 0.325 e. The number of benzene rings is 1. The summed E-state index contributed by atoms with van der Waals surface area (Å²) in [5.74, 6) is 0.288. The van der Waals surface area contributed by atoms with Crippen LogP contribution < -0.4 is 14.8 Å². The molecule has 0 bridgehead atoms. The molecule has 5 heteroatoms. The number of methoxy groups -OCH3 is 2. The van der Waals surface area contributed by atoms with E-state index in [0.717, 1.165) is 0 Å². The zero-order valence-corrected chi connectivity index (χ0v) is 9.48. The van der Waals surface area contributed by atoms with Gasteiger partial charge in [-0.3, -0.25) is 4.79 Å². The maximum atomic E-state index is 10.7. The topological polar surface area (TPSA) is 67.8 Å². The second-order valence-corrected chi connectivity index (χ2v) is 3.27. The van der Waals surface area contributed by atoms with Gasteiger partial charge in [-0.15, -0.1) is 0 Å². The molecule has 1 aromatic rings. The van der Waals surface area contributed by atoms with E-state index in [2.05, 4.69) is 5.32 Å². The van der Waals surface area contributed by atoms with E-state index in [1.54, 1.807) is 32.2 Å². The van der Waals surface area contributed by atoms with Gasteiger partial charge in [0, 0.05) is 6.07 Å². The number of hydrogen-bond donors (Lipinski definition) is 2. The van der Waals surface area contributed by atoms with Crippen LogP contribution in [-0.4, -0.2) is 31.3 Å². The molecule has 16 heavy (non-hydrogen) atoms. The average Bonchev–Trinajstić information content (AvgIpc) is 2.29. The molecule has 0 aliphatic heterocycles. The molecular formula is C11H15NO4. The zero-order chi connectivity index (χ0) is 12.1. The smallest absolute Gasteiger partial charge is 0.325 e. The summed E-state index contributed by atoms with van der Waals surface area (Å²) in [7, 11) is 3.08. The summed E-state index contributed by atoms with van der Waals surface area (Å²) in [5, 5.41) is 11.6. The molecule has 0 spiro atoms. The van der Waals surface area contributed by atoms with Gasteiger partial charge < -0.3 is 19.9 Å². The zero-order valence-electron chi connectivity index (χ0n) is 9.48. The molecule has 1 atom stereocenters. The number of aliphatic carboxylic acids is 1. The fourth-order valence-electron chi connectivity index (χ4n) is 1.21. The number of carboxylic acid groups (broad SMARTS) is 1. The van der Waals surface area contributed by atoms with Crippen LogP contribution in [0.4, 0.5) is 5.69 Å². The van der Waals surface area contributed by atoms with Gasteiger partial charge in [-0.2, -0.15) is 0 Å². The Balaban J connectivity index is 2.91. The highest BCUT2D eigenvalue weighted by atomic mass is 16.5. The highest BCUT2D eigenvalue weighted by Gasteiger charge is 2.13. The molecule has 0 amide bonds. The van der Waals surface area contributed by atoms with E-state index in [-0.39, 0.29) is 0 Å². The quantitative estimate of drug-likeness (QED) is 0.796. The number of rotatable bonds is 5. The summed E-state index contributed by atoms with van der Waals surface area (Å²) < 4.78 is 10.2. The van der Waals surface area contributed by atoms with Crippen LogP contribution in [-0.2, 0) is 4.79 Å². The van der Waals surface area contributed by atoms with Crippen molar-refractivity contribution in [2.24, 2.45) is 0 Å². The number of hydrogen-bond acceptors (Lipinski definition) is 4. The van der Waals surface area contributed by atoms with Crippen molar-refractivity contribution in [3.05, 3.63) is 18.2 Å². The van der Waals surface area contributed by atoms with E-state index < -0.39 is 12.0 Å². The SMILES string of the molecule is COc1ccc(NC(C)C(=O)O)c(OC)c1. The maximum absolute atomic E-state index is 10.7. The number of carbonyl (C=O) groups is 1. The van der Waals surface area contributed by atoms with Crippen molar-refractivity contribution in [3.8, 4) is 11.5 Å². The monoisotopic (exact) mass is 225 g/mol. The molecule has 0 radical (unpaired) electrons. The van der Waals surface area contributed by atoms with Gasteiger partial charge in [-0.1, -0.05) is 0 Å². The molecule has 1 unspecified atom stereocenters. The lowest BCUT2D eigenvalue weighted by Gasteiger charge is -2.14. The first-order valence-electron chi connectivity index (χ1n) is 4.80. The van der Waals surface area contributed by atoms with Crippen molar-refractivity contribution in [2.45, 2.75) is 13.0 Å². The number of anilines is 1. The summed E-state index contributed by atoms with van der Waals surface area (Å²) in [6.45, 7) is 1.56. The van der Waals surface area contributed by atoms with Gasteiger partial charge in [0.1, 0.15) is 17.5 Å². The Morgan fingerprint density at radius 1 is 1.38 bits per heavy atom. The Bertz CT molecular complexity index is 378. The lowest BCUT2D eigenvalue weighted by Crippen LogP contribution is -2.25. The Hall–Kier alpha value is -1.91. The lowest BCUT2D eigenvalue weighted by molar-refractivity contribution is -0.137. The predicted octanol–water partition coefficient (Wildman–Crippen LogP) is 1.59. The highest BCUT2D eigenvalue weighted by molar-refractivity contribution is 5.77. The summed E-state index contributed by atoms with van der Waals surface area (Å²) >= 11 is 0. The number of ether oxygens (including phenoxy) is 2. The van der Waals surface area contributed by atoms with Gasteiger partial charge in [-0.05, 0) is 19.1 Å². The minimum Gasteiger partial charge on any atom is -0.497 e. The van der Waals surface area contributed by atoms with E-state index >= 15 is 0 Å². The molecule has 0 aliphatic carbocycles. The van der Waals surface area contributed by atoms with Gasteiger partial charge in [0.15, 0.2) is 0 Å². The number of nitrogens with one attached hydrogen (secondary N) is 1. The third kappa shape index (κ3) is 2.79. The van der Waals surface area contributed by atoms with E-state index in [4.69, 9.17) is 14.6 Å². The summed E-state index contributed by atoms with van der Waals surface area (Å²) in [6, 6.07) is 4.47. The number of carboxylic acids is 1. The molecule has 2 N–H and O–H groups in total. The fraction of sp³-hybridized carbons (Fsp3) is 0.364. The van der Waals surface area contributed by atoms with Crippen molar-refractivity contribution >= 4 is 11.7 Å². The van der Waals surface area contributed by atoms with E-state index in [9.17, 15) is 4.79 Å². The third-order valence-corrected chi connectivity index (χ3v) is 2.15. The lowest BCUT2D eigenvalue weighted by atomic mass is 10.2. The van der Waals surface area contributed by atoms with Crippen molar-refractivity contribution in [2.75, 3.05) is 19.5 Å². The molecule has 5 nitrogen and oxygen atoms in total. The fourth-order valence-corrected chi connectivity index (χ4v) is 1.21. The average molecular weight is 225 g/mol.